The van der Waals surface area contributed by atoms with Crippen molar-refractivity contribution in [2.45, 2.75) is 18.9 Å². The molecule has 3 aromatic heterocycles. The normalized spacial score (nSPS) is 15.9. The minimum absolute atomic E-state index is 0.0413. The van der Waals surface area contributed by atoms with E-state index in [1.807, 2.05) is 0 Å². The first-order chi connectivity index (χ1) is 12.6. The molecule has 12 nitrogen and oxygen atoms in total. The number of aliphatic hydroxyl groups is 1. The highest BCUT2D eigenvalue weighted by atomic mass is 16.3. The number of aromatic nitrogens is 6. The molecule has 0 radical (unpaired) electrons. The number of hydrazine groups is 1. The Morgan fingerprint density at radius 3 is 2.92 bits per heavy atom. The lowest BCUT2D eigenvalue weighted by molar-refractivity contribution is 0.296. The van der Waals surface area contributed by atoms with Crippen LogP contribution in [0.1, 0.15) is 18.5 Å². The van der Waals surface area contributed by atoms with E-state index in [0.717, 1.165) is 12.8 Å². The van der Waals surface area contributed by atoms with Gasteiger partial charge in [0.05, 0.1) is 18.8 Å². The molecule has 0 aromatic carbocycles. The quantitative estimate of drug-likeness (QED) is 0.205. The first-order valence-electron chi connectivity index (χ1n) is 8.06. The summed E-state index contributed by atoms with van der Waals surface area (Å²) < 4.78 is 1.50. The first kappa shape index (κ1) is 16.2. The van der Waals surface area contributed by atoms with Gasteiger partial charge < -0.3 is 15.2 Å². The van der Waals surface area contributed by atoms with E-state index in [2.05, 4.69) is 40.9 Å². The third kappa shape index (κ3) is 3.27. The maximum atomic E-state index is 11.3. The number of hydrogen-bond acceptors (Lipinski definition) is 9. The predicted octanol–water partition coefficient (Wildman–Crippen LogP) is -2.63. The van der Waals surface area contributed by atoms with Crippen LogP contribution in [-0.2, 0) is 0 Å². The summed E-state index contributed by atoms with van der Waals surface area (Å²) in [5, 5.41) is 23.4. The Kier molecular flexibility index (Phi) is 4.10. The first-order valence-corrected chi connectivity index (χ1v) is 8.06. The van der Waals surface area contributed by atoms with E-state index in [-0.39, 0.29) is 30.2 Å². The second-order valence-corrected chi connectivity index (χ2v) is 5.80. The molecule has 0 saturated heterocycles. The highest BCUT2D eigenvalue weighted by Crippen LogP contribution is 2.22. The van der Waals surface area contributed by atoms with Crippen LogP contribution in [0.4, 0.5) is 5.95 Å². The summed E-state index contributed by atoms with van der Waals surface area (Å²) in [6, 6.07) is 0.230. The van der Waals surface area contributed by atoms with Gasteiger partial charge in [0, 0.05) is 11.8 Å². The van der Waals surface area contributed by atoms with Crippen LogP contribution in [-0.4, -0.2) is 59.0 Å². The molecule has 3 heterocycles. The van der Waals surface area contributed by atoms with Crippen molar-refractivity contribution >= 4 is 17.7 Å². The van der Waals surface area contributed by atoms with Crippen molar-refractivity contribution in [3.63, 3.8) is 0 Å². The molecular formula is C14H17N9O3. The Balaban J connectivity index is 1.85. The fourth-order valence-corrected chi connectivity index (χ4v) is 2.33. The van der Waals surface area contributed by atoms with Crippen molar-refractivity contribution in [1.82, 2.24) is 35.0 Å². The summed E-state index contributed by atoms with van der Waals surface area (Å²) in [5.74, 6) is 0.00143. The molecule has 3 aromatic rings. The number of nitrogens with zero attached hydrogens (tertiary/aromatic N) is 5. The molecular weight excluding hydrogens is 342 g/mol. The third-order valence-corrected chi connectivity index (χ3v) is 3.70. The van der Waals surface area contributed by atoms with Gasteiger partial charge in [0.15, 0.2) is 5.65 Å². The molecule has 0 aliphatic heterocycles. The highest BCUT2D eigenvalue weighted by Gasteiger charge is 2.20. The predicted molar refractivity (Wildman–Crippen MR) is 89.9 cm³/mol. The van der Waals surface area contributed by atoms with Gasteiger partial charge in [-0.2, -0.15) is 19.6 Å². The van der Waals surface area contributed by atoms with Crippen LogP contribution >= 0.6 is 0 Å². The van der Waals surface area contributed by atoms with Crippen LogP contribution in [0, 0.1) is 0 Å². The van der Waals surface area contributed by atoms with Crippen molar-refractivity contribution in [2.75, 3.05) is 18.6 Å². The zero-order valence-electron chi connectivity index (χ0n) is 13.6. The van der Waals surface area contributed by atoms with Gasteiger partial charge in [-0.1, -0.05) is 0 Å². The molecule has 0 atom stereocenters. The van der Waals surface area contributed by atoms with E-state index < -0.39 is 5.69 Å². The highest BCUT2D eigenvalue weighted by molar-refractivity contribution is 5.56. The maximum Gasteiger partial charge on any atom is 0.326 e. The molecule has 136 valence electrons. The molecule has 12 heteroatoms. The topological polar surface area (TPSA) is 169 Å². The molecule has 26 heavy (non-hydrogen) atoms. The second-order valence-electron chi connectivity index (χ2n) is 5.80. The number of aromatic amines is 2. The molecule has 1 saturated carbocycles. The monoisotopic (exact) mass is 359 g/mol. The van der Waals surface area contributed by atoms with Crippen molar-refractivity contribution in [2.24, 2.45) is 4.99 Å². The number of fused-ring (bicyclic) bond motifs is 1. The van der Waals surface area contributed by atoms with E-state index in [1.165, 1.54) is 4.52 Å². The minimum Gasteiger partial charge on any atom is -0.493 e. The summed E-state index contributed by atoms with van der Waals surface area (Å²) in [6.45, 7) is 0.279. The number of hydrogen-bond donors (Lipinski definition) is 6. The Bertz CT molecular complexity index is 1110. The standard InChI is InChI=1S/C14H17N9O3/c24-4-3-15-22-12-19-10-7(5-9-11(25)20-14(26)18-9)6-16-23(10)13(21-12)17-8-1-2-8/h5-6,8,15,24-25H,1-4H2,(H,17,21,22)(H2,18,20,26)/b7-5-. The minimum atomic E-state index is -0.514. The molecule has 1 aliphatic rings. The number of anilines is 1. The van der Waals surface area contributed by atoms with Gasteiger partial charge in [-0.15, -0.1) is 0 Å². The van der Waals surface area contributed by atoms with Crippen LogP contribution < -0.4 is 27.4 Å². The van der Waals surface area contributed by atoms with Gasteiger partial charge >= 0.3 is 5.69 Å². The lowest BCUT2D eigenvalue weighted by atomic mass is 10.3. The van der Waals surface area contributed by atoms with Crippen LogP contribution in [0.3, 0.4) is 0 Å². The van der Waals surface area contributed by atoms with Crippen molar-refractivity contribution in [3.8, 4) is 5.88 Å². The number of rotatable bonds is 6. The average molecular weight is 359 g/mol. The van der Waals surface area contributed by atoms with Crippen LogP contribution in [0.2, 0.25) is 0 Å². The van der Waals surface area contributed by atoms with Crippen LogP contribution in [0.5, 0.6) is 5.88 Å². The Morgan fingerprint density at radius 1 is 1.38 bits per heavy atom. The number of aliphatic hydroxyl groups excluding tert-OH is 1. The zero-order chi connectivity index (χ0) is 18.1. The Labute approximate surface area is 145 Å². The van der Waals surface area contributed by atoms with Crippen molar-refractivity contribution in [1.29, 1.82) is 0 Å². The molecule has 0 bridgehead atoms. The van der Waals surface area contributed by atoms with Gasteiger partial charge in [-0.3, -0.25) is 10.4 Å². The van der Waals surface area contributed by atoms with Gasteiger partial charge in [-0.25, -0.2) is 15.2 Å². The van der Waals surface area contributed by atoms with E-state index in [4.69, 9.17) is 5.11 Å². The summed E-state index contributed by atoms with van der Waals surface area (Å²) in [4.78, 5) is 29.3. The van der Waals surface area contributed by atoms with E-state index >= 15 is 0 Å². The molecule has 6 N–H and O–H groups in total. The number of aromatic hydroxyl groups is 1. The van der Waals surface area contributed by atoms with E-state index in [1.54, 1.807) is 12.3 Å². The molecule has 0 spiro atoms. The second kappa shape index (κ2) is 6.57. The fourth-order valence-electron chi connectivity index (χ4n) is 2.33. The molecule has 1 aliphatic carbocycles. The summed E-state index contributed by atoms with van der Waals surface area (Å²) >= 11 is 0. The van der Waals surface area contributed by atoms with Crippen molar-refractivity contribution in [3.05, 3.63) is 33.2 Å². The van der Waals surface area contributed by atoms with Crippen LogP contribution in [0.15, 0.2) is 16.0 Å². The largest absolute Gasteiger partial charge is 0.493 e. The Hall–Kier alpha value is -3.25. The fraction of sp³-hybridized carbons (Fsp3) is 0.357. The van der Waals surface area contributed by atoms with E-state index in [0.29, 0.717) is 23.0 Å². The lowest BCUT2D eigenvalue weighted by Gasteiger charge is -2.05. The SMILES string of the molecule is O=c1[nH]c(O)c(/C=c2/cnn3c(=NC4CC4)nc(NNCCO)nc23)[nH]1. The number of imidazole rings is 1. The zero-order valence-corrected chi connectivity index (χ0v) is 13.6. The molecule has 4 rings (SSSR count). The third-order valence-electron chi connectivity index (χ3n) is 3.70. The van der Waals surface area contributed by atoms with E-state index in [9.17, 15) is 9.90 Å². The summed E-state index contributed by atoms with van der Waals surface area (Å²) in [5.41, 5.74) is 6.15. The molecule has 0 amide bonds. The Morgan fingerprint density at radius 2 is 2.23 bits per heavy atom. The smallest absolute Gasteiger partial charge is 0.326 e. The lowest BCUT2D eigenvalue weighted by Crippen LogP contribution is -2.30. The summed E-state index contributed by atoms with van der Waals surface area (Å²) in [7, 11) is 0. The molecule has 1 fully saturated rings. The average Bonchev–Trinajstić information content (AvgIpc) is 3.24. The van der Waals surface area contributed by atoms with Gasteiger partial charge in [0.1, 0.15) is 5.69 Å². The summed E-state index contributed by atoms with van der Waals surface area (Å²) in [6.07, 6.45) is 5.12. The van der Waals surface area contributed by atoms with Gasteiger partial charge in [0.25, 0.3) is 5.62 Å². The number of nitrogens with one attached hydrogen (secondary N) is 4. The van der Waals surface area contributed by atoms with Crippen LogP contribution in [0.25, 0.3) is 11.7 Å². The molecule has 0 unspecified atom stereocenters. The maximum absolute atomic E-state index is 11.3. The van der Waals surface area contributed by atoms with Gasteiger partial charge in [-0.05, 0) is 18.9 Å². The number of H-pyrrole nitrogens is 2. The van der Waals surface area contributed by atoms with Crippen molar-refractivity contribution < 1.29 is 10.2 Å². The van der Waals surface area contributed by atoms with Gasteiger partial charge in [0.2, 0.25) is 11.8 Å².